The molecular weight excluding hydrogens is 176 g/mol. The Bertz CT molecular complexity index is 471. The van der Waals surface area contributed by atoms with Gasteiger partial charge in [0.1, 0.15) is 5.65 Å². The first-order chi connectivity index (χ1) is 6.86. The summed E-state index contributed by atoms with van der Waals surface area (Å²) < 4.78 is 2.07. The van der Waals surface area contributed by atoms with Gasteiger partial charge in [0.2, 0.25) is 0 Å². The highest BCUT2D eigenvalue weighted by atomic mass is 16.3. The number of hydrogen-bond acceptors (Lipinski definition) is 2. The van der Waals surface area contributed by atoms with Gasteiger partial charge >= 0.3 is 0 Å². The van der Waals surface area contributed by atoms with Crippen molar-refractivity contribution in [1.29, 1.82) is 0 Å². The third-order valence-corrected chi connectivity index (χ3v) is 3.12. The van der Waals surface area contributed by atoms with Gasteiger partial charge in [-0.3, -0.25) is 0 Å². The van der Waals surface area contributed by atoms with Crippen molar-refractivity contribution >= 4 is 5.65 Å². The third-order valence-electron chi connectivity index (χ3n) is 3.12. The number of fused-ring (bicyclic) bond motifs is 1. The predicted octanol–water partition coefficient (Wildman–Crippen LogP) is 1.36. The molecule has 0 amide bonds. The highest BCUT2D eigenvalue weighted by Gasteiger charge is 2.45. The molecule has 0 bridgehead atoms. The Balaban J connectivity index is 2.22. The van der Waals surface area contributed by atoms with Crippen molar-refractivity contribution in [3.63, 3.8) is 0 Å². The number of rotatable bonds is 2. The zero-order valence-corrected chi connectivity index (χ0v) is 7.85. The Morgan fingerprint density at radius 1 is 1.43 bits per heavy atom. The second-order valence-electron chi connectivity index (χ2n) is 4.01. The topological polar surface area (TPSA) is 37.5 Å². The van der Waals surface area contributed by atoms with Crippen LogP contribution in [0, 0.1) is 0 Å². The fraction of sp³-hybridized carbons (Fsp3) is 0.364. The van der Waals surface area contributed by atoms with E-state index >= 15 is 0 Å². The molecule has 1 saturated carbocycles. The molecule has 2 aromatic heterocycles. The molecule has 3 heteroatoms. The van der Waals surface area contributed by atoms with E-state index in [1.165, 1.54) is 0 Å². The maximum atomic E-state index is 9.35. The van der Waals surface area contributed by atoms with E-state index in [2.05, 4.69) is 9.38 Å². The average Bonchev–Trinajstić information content (AvgIpc) is 2.91. The molecule has 0 radical (unpaired) electrons. The molecule has 3 rings (SSSR count). The summed E-state index contributed by atoms with van der Waals surface area (Å²) >= 11 is 0. The molecule has 3 nitrogen and oxygen atoms in total. The predicted molar refractivity (Wildman–Crippen MR) is 53.2 cm³/mol. The number of pyridine rings is 1. The molecule has 2 aromatic rings. The molecule has 72 valence electrons. The lowest BCUT2D eigenvalue weighted by Crippen LogP contribution is -2.14. The summed E-state index contributed by atoms with van der Waals surface area (Å²) in [4.78, 5) is 4.32. The third kappa shape index (κ3) is 0.930. The number of imidazole rings is 1. The van der Waals surface area contributed by atoms with Crippen molar-refractivity contribution in [2.75, 3.05) is 6.61 Å². The zero-order valence-electron chi connectivity index (χ0n) is 7.85. The van der Waals surface area contributed by atoms with Gasteiger partial charge in [-0.15, -0.1) is 0 Å². The summed E-state index contributed by atoms with van der Waals surface area (Å²) in [6.07, 6.45) is 6.05. The molecule has 0 aromatic carbocycles. The van der Waals surface area contributed by atoms with Crippen LogP contribution in [0.1, 0.15) is 18.5 Å². The van der Waals surface area contributed by atoms with Gasteiger partial charge in [-0.05, 0) is 25.0 Å². The van der Waals surface area contributed by atoms with Crippen LogP contribution in [0.4, 0.5) is 0 Å². The van der Waals surface area contributed by atoms with E-state index in [-0.39, 0.29) is 12.0 Å². The number of aliphatic hydroxyl groups is 1. The van der Waals surface area contributed by atoms with Gasteiger partial charge in [0.25, 0.3) is 0 Å². The first-order valence-corrected chi connectivity index (χ1v) is 4.89. The van der Waals surface area contributed by atoms with E-state index in [0.29, 0.717) is 0 Å². The fourth-order valence-electron chi connectivity index (χ4n) is 1.97. The molecule has 1 fully saturated rings. The van der Waals surface area contributed by atoms with Crippen LogP contribution >= 0.6 is 0 Å². The lowest BCUT2D eigenvalue weighted by atomic mass is 10.1. The van der Waals surface area contributed by atoms with Crippen LogP contribution in [0.2, 0.25) is 0 Å². The smallest absolute Gasteiger partial charge is 0.136 e. The molecular formula is C11H12N2O. The maximum Gasteiger partial charge on any atom is 0.136 e. The van der Waals surface area contributed by atoms with Gasteiger partial charge in [0.05, 0.1) is 12.3 Å². The van der Waals surface area contributed by atoms with E-state index in [4.69, 9.17) is 0 Å². The van der Waals surface area contributed by atoms with Crippen LogP contribution in [-0.2, 0) is 5.41 Å². The van der Waals surface area contributed by atoms with Crippen molar-refractivity contribution in [3.8, 4) is 0 Å². The van der Waals surface area contributed by atoms with Crippen LogP contribution in [0.25, 0.3) is 5.65 Å². The normalized spacial score (nSPS) is 18.6. The van der Waals surface area contributed by atoms with Crippen LogP contribution < -0.4 is 0 Å². The van der Waals surface area contributed by atoms with E-state index in [1.807, 2.05) is 30.6 Å². The van der Waals surface area contributed by atoms with Crippen LogP contribution in [-0.4, -0.2) is 21.1 Å². The van der Waals surface area contributed by atoms with Crippen molar-refractivity contribution in [1.82, 2.24) is 9.38 Å². The van der Waals surface area contributed by atoms with Crippen molar-refractivity contribution < 1.29 is 5.11 Å². The van der Waals surface area contributed by atoms with Gasteiger partial charge in [-0.25, -0.2) is 4.98 Å². The van der Waals surface area contributed by atoms with Gasteiger partial charge in [-0.2, -0.15) is 0 Å². The minimum Gasteiger partial charge on any atom is -0.395 e. The lowest BCUT2D eigenvalue weighted by molar-refractivity contribution is 0.252. The minimum absolute atomic E-state index is 0.000764. The summed E-state index contributed by atoms with van der Waals surface area (Å²) in [6, 6.07) is 5.95. The summed E-state index contributed by atoms with van der Waals surface area (Å²) in [5.41, 5.74) is 2.11. The largest absolute Gasteiger partial charge is 0.395 e. The number of hydrogen-bond donors (Lipinski definition) is 1. The monoisotopic (exact) mass is 188 g/mol. The number of nitrogens with zero attached hydrogens (tertiary/aromatic N) is 2. The zero-order chi connectivity index (χ0) is 9.60. The van der Waals surface area contributed by atoms with Crippen molar-refractivity contribution in [2.24, 2.45) is 0 Å². The van der Waals surface area contributed by atoms with E-state index in [9.17, 15) is 5.11 Å². The summed E-state index contributed by atoms with van der Waals surface area (Å²) in [6.45, 7) is 0.232. The number of aromatic nitrogens is 2. The summed E-state index contributed by atoms with van der Waals surface area (Å²) in [7, 11) is 0. The Labute approximate surface area is 82.0 Å². The fourth-order valence-corrected chi connectivity index (χ4v) is 1.97. The van der Waals surface area contributed by atoms with Crippen molar-refractivity contribution in [2.45, 2.75) is 18.3 Å². The SMILES string of the molecule is OCC1(c2cnc3ccccn23)CC1. The first-order valence-electron chi connectivity index (χ1n) is 4.89. The maximum absolute atomic E-state index is 9.35. The molecule has 0 spiro atoms. The molecule has 0 aliphatic heterocycles. The molecule has 0 saturated heterocycles. The van der Waals surface area contributed by atoms with Gasteiger partial charge in [0.15, 0.2) is 0 Å². The molecule has 1 aliphatic carbocycles. The molecule has 0 atom stereocenters. The Hall–Kier alpha value is -1.35. The average molecular weight is 188 g/mol. The molecule has 14 heavy (non-hydrogen) atoms. The highest BCUT2D eigenvalue weighted by molar-refractivity contribution is 5.43. The molecule has 1 aliphatic rings. The Morgan fingerprint density at radius 2 is 2.29 bits per heavy atom. The lowest BCUT2D eigenvalue weighted by Gasteiger charge is -2.10. The van der Waals surface area contributed by atoms with E-state index in [1.54, 1.807) is 0 Å². The van der Waals surface area contributed by atoms with Crippen LogP contribution in [0.15, 0.2) is 30.6 Å². The Morgan fingerprint density at radius 3 is 3.00 bits per heavy atom. The second-order valence-corrected chi connectivity index (χ2v) is 4.01. The molecule has 2 heterocycles. The minimum atomic E-state index is 0.000764. The van der Waals surface area contributed by atoms with Gasteiger partial charge in [-0.1, -0.05) is 6.07 Å². The second kappa shape index (κ2) is 2.58. The standard InChI is InChI=1S/C11H12N2O/c14-8-11(4-5-11)9-7-12-10-3-1-2-6-13(9)10/h1-3,6-7,14H,4-5,8H2. The summed E-state index contributed by atoms with van der Waals surface area (Å²) in [5.74, 6) is 0. The van der Waals surface area contributed by atoms with Gasteiger partial charge in [0, 0.05) is 17.8 Å². The van der Waals surface area contributed by atoms with E-state index in [0.717, 1.165) is 24.2 Å². The summed E-state index contributed by atoms with van der Waals surface area (Å²) in [5, 5.41) is 9.35. The highest BCUT2D eigenvalue weighted by Crippen LogP contribution is 2.47. The quantitative estimate of drug-likeness (QED) is 0.772. The van der Waals surface area contributed by atoms with Crippen LogP contribution in [0.5, 0.6) is 0 Å². The molecule has 1 N–H and O–H groups in total. The Kier molecular flexibility index (Phi) is 1.47. The molecule has 0 unspecified atom stereocenters. The van der Waals surface area contributed by atoms with Crippen LogP contribution in [0.3, 0.4) is 0 Å². The van der Waals surface area contributed by atoms with E-state index < -0.39 is 0 Å². The van der Waals surface area contributed by atoms with Gasteiger partial charge < -0.3 is 9.51 Å². The first kappa shape index (κ1) is 8.00. The van der Waals surface area contributed by atoms with Crippen molar-refractivity contribution in [3.05, 3.63) is 36.3 Å². The number of aliphatic hydroxyl groups excluding tert-OH is 1.